The summed E-state index contributed by atoms with van der Waals surface area (Å²) >= 11 is 0. The van der Waals surface area contributed by atoms with Crippen molar-refractivity contribution in [2.24, 2.45) is 0 Å². The highest BCUT2D eigenvalue weighted by Gasteiger charge is 2.39. The fourth-order valence-corrected chi connectivity index (χ4v) is 3.08. The smallest absolute Gasteiger partial charge is 0.416 e. The monoisotopic (exact) mass is 405 g/mol. The van der Waals surface area contributed by atoms with Gasteiger partial charge < -0.3 is 4.74 Å². The molecule has 1 aliphatic rings. The maximum Gasteiger partial charge on any atom is 0.416 e. The van der Waals surface area contributed by atoms with Crippen molar-refractivity contribution in [1.29, 1.82) is 0 Å². The zero-order valence-corrected chi connectivity index (χ0v) is 15.4. The summed E-state index contributed by atoms with van der Waals surface area (Å²) in [5, 5.41) is 0. The van der Waals surface area contributed by atoms with Crippen LogP contribution in [0.2, 0.25) is 0 Å². The quantitative estimate of drug-likeness (QED) is 0.422. The molecule has 8 heteroatoms. The van der Waals surface area contributed by atoms with E-state index in [1.165, 1.54) is 43.3 Å². The van der Waals surface area contributed by atoms with E-state index in [0.717, 1.165) is 30.2 Å². The molecule has 1 aliphatic heterocycles. The van der Waals surface area contributed by atoms with E-state index in [1.54, 1.807) is 0 Å². The van der Waals surface area contributed by atoms with Crippen LogP contribution in [0.25, 0.3) is 6.08 Å². The van der Waals surface area contributed by atoms with Crippen LogP contribution in [-0.2, 0) is 20.5 Å². The van der Waals surface area contributed by atoms with Crippen LogP contribution in [0.5, 0.6) is 0 Å². The SMILES string of the molecule is COC(=O)C1=C(C)N(c2cccc(C(F)(F)F)c2)C(=O)/C1=C\c1cccc(F)c1. The van der Waals surface area contributed by atoms with Crippen molar-refractivity contribution in [3.05, 3.63) is 82.3 Å². The number of rotatable bonds is 3. The number of halogens is 4. The third kappa shape index (κ3) is 3.91. The molecule has 2 aromatic rings. The van der Waals surface area contributed by atoms with Crippen molar-refractivity contribution >= 4 is 23.6 Å². The van der Waals surface area contributed by atoms with Crippen molar-refractivity contribution in [3.63, 3.8) is 0 Å². The number of carbonyl (C=O) groups is 2. The van der Waals surface area contributed by atoms with Gasteiger partial charge in [0.15, 0.2) is 0 Å². The Morgan fingerprint density at radius 3 is 2.41 bits per heavy atom. The molecule has 2 aromatic carbocycles. The first-order chi connectivity index (χ1) is 13.6. The number of esters is 1. The molecule has 1 heterocycles. The van der Waals surface area contributed by atoms with Gasteiger partial charge in [-0.25, -0.2) is 9.18 Å². The Balaban J connectivity index is 2.15. The number of hydrogen-bond donors (Lipinski definition) is 0. The molecular weight excluding hydrogens is 390 g/mol. The molecule has 0 atom stereocenters. The third-order valence-electron chi connectivity index (χ3n) is 4.38. The zero-order chi connectivity index (χ0) is 21.3. The minimum absolute atomic E-state index is 0.0497. The number of methoxy groups -OCH3 is 1. The summed E-state index contributed by atoms with van der Waals surface area (Å²) in [7, 11) is 1.12. The Hall–Kier alpha value is -3.42. The molecule has 0 bridgehead atoms. The second kappa shape index (κ2) is 7.54. The van der Waals surface area contributed by atoms with Gasteiger partial charge in [0.1, 0.15) is 5.82 Å². The molecule has 29 heavy (non-hydrogen) atoms. The van der Waals surface area contributed by atoms with Gasteiger partial charge in [0.2, 0.25) is 0 Å². The second-order valence-corrected chi connectivity index (χ2v) is 6.25. The number of anilines is 1. The number of carbonyl (C=O) groups excluding carboxylic acids is 2. The standard InChI is InChI=1S/C21H15F4NO3/c1-12-18(20(28)29-2)17(10-13-5-3-7-15(22)9-13)19(27)26(12)16-8-4-6-14(11-16)21(23,24)25/h3-11H,1-2H3/b17-10-. The van der Waals surface area contributed by atoms with Gasteiger partial charge in [-0.15, -0.1) is 0 Å². The summed E-state index contributed by atoms with van der Waals surface area (Å²) in [5.74, 6) is -2.08. The van der Waals surface area contributed by atoms with Gasteiger partial charge in [0.05, 0.1) is 23.8 Å². The number of nitrogens with zero attached hydrogens (tertiary/aromatic N) is 1. The first-order valence-electron chi connectivity index (χ1n) is 8.42. The van der Waals surface area contributed by atoms with E-state index in [4.69, 9.17) is 4.74 Å². The highest BCUT2D eigenvalue weighted by molar-refractivity contribution is 6.23. The van der Waals surface area contributed by atoms with Gasteiger partial charge in [-0.05, 0) is 48.9 Å². The number of benzene rings is 2. The predicted molar refractivity (Wildman–Crippen MR) is 98.0 cm³/mol. The Bertz CT molecular complexity index is 1050. The molecule has 0 aliphatic carbocycles. The van der Waals surface area contributed by atoms with Crippen molar-refractivity contribution in [1.82, 2.24) is 0 Å². The zero-order valence-electron chi connectivity index (χ0n) is 15.4. The summed E-state index contributed by atoms with van der Waals surface area (Å²) in [6, 6.07) is 9.55. The highest BCUT2D eigenvalue weighted by Crippen LogP contribution is 2.38. The molecule has 0 unspecified atom stereocenters. The van der Waals surface area contributed by atoms with Crippen molar-refractivity contribution < 1.29 is 31.9 Å². The van der Waals surface area contributed by atoms with Crippen molar-refractivity contribution in [2.75, 3.05) is 12.0 Å². The Morgan fingerprint density at radius 2 is 1.79 bits per heavy atom. The maximum absolute atomic E-state index is 13.5. The van der Waals surface area contributed by atoms with E-state index < -0.39 is 29.4 Å². The maximum atomic E-state index is 13.5. The molecule has 0 N–H and O–H groups in total. The molecule has 150 valence electrons. The third-order valence-corrected chi connectivity index (χ3v) is 4.38. The average Bonchev–Trinajstić information content (AvgIpc) is 2.90. The fraction of sp³-hybridized carbons (Fsp3) is 0.143. The Morgan fingerprint density at radius 1 is 1.10 bits per heavy atom. The largest absolute Gasteiger partial charge is 0.465 e. The minimum atomic E-state index is -4.60. The number of hydrogen-bond acceptors (Lipinski definition) is 3. The molecule has 0 saturated carbocycles. The van der Waals surface area contributed by atoms with E-state index >= 15 is 0 Å². The molecule has 1 amide bonds. The van der Waals surface area contributed by atoms with Gasteiger partial charge in [-0.3, -0.25) is 9.69 Å². The van der Waals surface area contributed by atoms with Gasteiger partial charge in [0, 0.05) is 11.4 Å². The van der Waals surface area contributed by atoms with E-state index in [1.807, 2.05) is 0 Å². The summed E-state index contributed by atoms with van der Waals surface area (Å²) in [5.41, 5.74) is -0.752. The number of alkyl halides is 3. The lowest BCUT2D eigenvalue weighted by molar-refractivity contribution is -0.137. The number of ether oxygens (including phenoxy) is 1. The van der Waals surface area contributed by atoms with Gasteiger partial charge in [-0.1, -0.05) is 18.2 Å². The lowest BCUT2D eigenvalue weighted by Gasteiger charge is -2.19. The van der Waals surface area contributed by atoms with Gasteiger partial charge >= 0.3 is 12.1 Å². The first kappa shape index (κ1) is 20.3. The van der Waals surface area contributed by atoms with E-state index in [2.05, 4.69) is 0 Å². The van der Waals surface area contributed by atoms with Crippen LogP contribution in [0.3, 0.4) is 0 Å². The number of amides is 1. The van der Waals surface area contributed by atoms with Crippen LogP contribution in [0.4, 0.5) is 23.2 Å². The normalized spacial score (nSPS) is 16.0. The Labute approximate surface area is 163 Å². The number of allylic oxidation sites excluding steroid dienone is 1. The van der Waals surface area contributed by atoms with Crippen LogP contribution < -0.4 is 4.90 Å². The molecule has 4 nitrogen and oxygen atoms in total. The van der Waals surface area contributed by atoms with E-state index in [-0.39, 0.29) is 22.5 Å². The molecule has 0 radical (unpaired) electrons. The van der Waals surface area contributed by atoms with Crippen molar-refractivity contribution in [3.8, 4) is 0 Å². The molecule has 0 saturated heterocycles. The Kier molecular flexibility index (Phi) is 5.28. The molecule has 0 fully saturated rings. The predicted octanol–water partition coefficient (Wildman–Crippen LogP) is 4.72. The minimum Gasteiger partial charge on any atom is -0.465 e. The van der Waals surface area contributed by atoms with E-state index in [9.17, 15) is 27.2 Å². The summed E-state index contributed by atoms with van der Waals surface area (Å²) in [6.07, 6.45) is -3.30. The van der Waals surface area contributed by atoms with Crippen LogP contribution >= 0.6 is 0 Å². The first-order valence-corrected chi connectivity index (χ1v) is 8.42. The van der Waals surface area contributed by atoms with Crippen LogP contribution in [0, 0.1) is 5.82 Å². The van der Waals surface area contributed by atoms with Gasteiger partial charge in [0.25, 0.3) is 5.91 Å². The molecule has 3 rings (SSSR count). The summed E-state index contributed by atoms with van der Waals surface area (Å²) < 4.78 is 57.5. The fourth-order valence-electron chi connectivity index (χ4n) is 3.08. The highest BCUT2D eigenvalue weighted by atomic mass is 19.4. The lowest BCUT2D eigenvalue weighted by atomic mass is 10.0. The summed E-state index contributed by atoms with van der Waals surface area (Å²) in [4.78, 5) is 26.3. The molecule has 0 spiro atoms. The molecular formula is C21H15F4NO3. The summed E-state index contributed by atoms with van der Waals surface area (Å²) in [6.45, 7) is 1.43. The van der Waals surface area contributed by atoms with Gasteiger partial charge in [-0.2, -0.15) is 13.2 Å². The van der Waals surface area contributed by atoms with Crippen LogP contribution in [0.15, 0.2) is 65.4 Å². The lowest BCUT2D eigenvalue weighted by Crippen LogP contribution is -2.24. The van der Waals surface area contributed by atoms with E-state index in [0.29, 0.717) is 5.56 Å². The van der Waals surface area contributed by atoms with Crippen LogP contribution in [0.1, 0.15) is 18.1 Å². The van der Waals surface area contributed by atoms with Crippen LogP contribution in [-0.4, -0.2) is 19.0 Å². The molecule has 0 aromatic heterocycles. The van der Waals surface area contributed by atoms with Crippen molar-refractivity contribution in [2.45, 2.75) is 13.1 Å². The second-order valence-electron chi connectivity index (χ2n) is 6.25. The topological polar surface area (TPSA) is 46.6 Å². The average molecular weight is 405 g/mol.